The highest BCUT2D eigenvalue weighted by Gasteiger charge is 2.32. The predicted octanol–water partition coefficient (Wildman–Crippen LogP) is 4.67. The van der Waals surface area contributed by atoms with E-state index in [2.05, 4.69) is 14.4 Å². The van der Waals surface area contributed by atoms with Gasteiger partial charge in [0.25, 0.3) is 0 Å². The summed E-state index contributed by atoms with van der Waals surface area (Å²) in [5.74, 6) is -0.492. The zero-order chi connectivity index (χ0) is 23.6. The molecule has 0 aliphatic heterocycles. The van der Waals surface area contributed by atoms with E-state index in [-0.39, 0.29) is 16.9 Å². The Morgan fingerprint density at radius 3 is 2.03 bits per heavy atom. The van der Waals surface area contributed by atoms with E-state index in [1.54, 1.807) is 0 Å². The standard InChI is InChI=1S/C19H18F6N2O4S/c20-18(21,22)12-1-10-17(26-11-12)30-14-4-2-13(3-5-14)27-32(28,29)16-8-6-15(7-9-16)31-19(23,24)25/h1,6-11,13-14,27H,2-5H2. The van der Waals surface area contributed by atoms with Crippen LogP contribution in [0.1, 0.15) is 31.2 Å². The Bertz CT molecular complexity index is 1000. The lowest BCUT2D eigenvalue weighted by atomic mass is 9.94. The molecule has 1 heterocycles. The van der Waals surface area contributed by atoms with Crippen LogP contribution in [0, 0.1) is 0 Å². The largest absolute Gasteiger partial charge is 0.573 e. The first kappa shape index (κ1) is 24.1. The number of benzene rings is 1. The summed E-state index contributed by atoms with van der Waals surface area (Å²) in [6.07, 6.45) is -7.34. The van der Waals surface area contributed by atoms with E-state index in [0.717, 1.165) is 36.4 Å². The number of aromatic nitrogens is 1. The summed E-state index contributed by atoms with van der Waals surface area (Å²) in [5.41, 5.74) is -0.888. The molecule has 0 spiro atoms. The highest BCUT2D eigenvalue weighted by atomic mass is 32.2. The molecule has 0 saturated heterocycles. The number of ether oxygens (including phenoxy) is 2. The molecule has 176 valence electrons. The van der Waals surface area contributed by atoms with Gasteiger partial charge in [0.1, 0.15) is 11.9 Å². The number of sulfonamides is 1. The minimum absolute atomic E-state index is 0.0446. The van der Waals surface area contributed by atoms with Crippen molar-refractivity contribution in [3.8, 4) is 11.6 Å². The average Bonchev–Trinajstić information content (AvgIpc) is 2.68. The molecule has 3 rings (SSSR count). The van der Waals surface area contributed by atoms with Gasteiger partial charge in [0.2, 0.25) is 15.9 Å². The van der Waals surface area contributed by atoms with E-state index < -0.39 is 39.9 Å². The summed E-state index contributed by atoms with van der Waals surface area (Å²) < 4.78 is 111. The molecule has 0 radical (unpaired) electrons. The fourth-order valence-electron chi connectivity index (χ4n) is 3.19. The van der Waals surface area contributed by atoms with Crippen LogP contribution in [-0.4, -0.2) is 31.9 Å². The monoisotopic (exact) mass is 484 g/mol. The third kappa shape index (κ3) is 6.73. The maximum atomic E-state index is 12.6. The van der Waals surface area contributed by atoms with Crippen molar-refractivity contribution in [2.75, 3.05) is 0 Å². The first-order valence-corrected chi connectivity index (χ1v) is 10.9. The molecule has 13 heteroatoms. The van der Waals surface area contributed by atoms with Crippen molar-refractivity contribution in [2.24, 2.45) is 0 Å². The van der Waals surface area contributed by atoms with Gasteiger partial charge in [0.15, 0.2) is 0 Å². The van der Waals surface area contributed by atoms with Crippen LogP contribution in [0.4, 0.5) is 26.3 Å². The molecule has 2 aromatic rings. The maximum absolute atomic E-state index is 12.6. The van der Waals surface area contributed by atoms with Crippen molar-refractivity contribution in [3.05, 3.63) is 48.2 Å². The Kier molecular flexibility index (Phi) is 6.89. The fourth-order valence-corrected chi connectivity index (χ4v) is 4.50. The van der Waals surface area contributed by atoms with Crippen LogP contribution in [0.15, 0.2) is 47.5 Å². The van der Waals surface area contributed by atoms with E-state index in [9.17, 15) is 34.8 Å². The molecule has 0 bridgehead atoms. The van der Waals surface area contributed by atoms with Crippen LogP contribution in [0.5, 0.6) is 11.6 Å². The molecule has 1 aliphatic carbocycles. The van der Waals surface area contributed by atoms with Crippen molar-refractivity contribution in [3.63, 3.8) is 0 Å². The first-order chi connectivity index (χ1) is 14.8. The molecule has 1 saturated carbocycles. The van der Waals surface area contributed by atoms with Crippen molar-refractivity contribution < 1.29 is 44.2 Å². The Morgan fingerprint density at radius 2 is 1.53 bits per heavy atom. The zero-order valence-corrected chi connectivity index (χ0v) is 17.1. The summed E-state index contributed by atoms with van der Waals surface area (Å²) in [6.45, 7) is 0. The van der Waals surface area contributed by atoms with Gasteiger partial charge in [-0.25, -0.2) is 18.1 Å². The van der Waals surface area contributed by atoms with Gasteiger partial charge in [-0.2, -0.15) is 13.2 Å². The Labute approximate surface area is 179 Å². The lowest BCUT2D eigenvalue weighted by Crippen LogP contribution is -2.39. The molecule has 1 aromatic carbocycles. The highest BCUT2D eigenvalue weighted by Crippen LogP contribution is 2.30. The van der Waals surface area contributed by atoms with E-state index in [0.29, 0.717) is 31.9 Å². The Morgan fingerprint density at radius 1 is 0.906 bits per heavy atom. The van der Waals surface area contributed by atoms with Gasteiger partial charge in [0.05, 0.1) is 10.5 Å². The number of alkyl halides is 6. The van der Waals surface area contributed by atoms with E-state index >= 15 is 0 Å². The van der Waals surface area contributed by atoms with E-state index in [4.69, 9.17) is 4.74 Å². The van der Waals surface area contributed by atoms with Gasteiger partial charge in [-0.05, 0) is 56.0 Å². The zero-order valence-electron chi connectivity index (χ0n) is 16.3. The molecular weight excluding hydrogens is 466 g/mol. The molecule has 0 amide bonds. The van der Waals surface area contributed by atoms with Crippen molar-refractivity contribution in [1.82, 2.24) is 9.71 Å². The summed E-state index contributed by atoms with van der Waals surface area (Å²) in [5, 5.41) is 0. The summed E-state index contributed by atoms with van der Waals surface area (Å²) in [4.78, 5) is 3.44. The van der Waals surface area contributed by atoms with Crippen molar-refractivity contribution in [2.45, 2.75) is 55.3 Å². The van der Waals surface area contributed by atoms with Crippen molar-refractivity contribution >= 4 is 10.0 Å². The molecule has 1 aromatic heterocycles. The van der Waals surface area contributed by atoms with Gasteiger partial charge < -0.3 is 9.47 Å². The minimum Gasteiger partial charge on any atom is -0.474 e. The lowest BCUT2D eigenvalue weighted by molar-refractivity contribution is -0.274. The number of rotatable bonds is 6. The topological polar surface area (TPSA) is 77.5 Å². The van der Waals surface area contributed by atoms with Crippen LogP contribution in [0.2, 0.25) is 0 Å². The third-order valence-electron chi connectivity index (χ3n) is 4.71. The van der Waals surface area contributed by atoms with Crippen LogP contribution < -0.4 is 14.2 Å². The van der Waals surface area contributed by atoms with Crippen molar-refractivity contribution in [1.29, 1.82) is 0 Å². The molecule has 6 nitrogen and oxygen atoms in total. The van der Waals surface area contributed by atoms with Crippen LogP contribution in [0.25, 0.3) is 0 Å². The highest BCUT2D eigenvalue weighted by molar-refractivity contribution is 7.89. The van der Waals surface area contributed by atoms with Gasteiger partial charge in [0, 0.05) is 18.3 Å². The Hall–Kier alpha value is -2.54. The van der Waals surface area contributed by atoms with Crippen LogP contribution in [0.3, 0.4) is 0 Å². The first-order valence-electron chi connectivity index (χ1n) is 9.40. The van der Waals surface area contributed by atoms with Gasteiger partial charge in [-0.3, -0.25) is 0 Å². The molecule has 0 atom stereocenters. The van der Waals surface area contributed by atoms with Gasteiger partial charge in [-0.1, -0.05) is 0 Å². The van der Waals surface area contributed by atoms with E-state index in [1.807, 2.05) is 0 Å². The lowest BCUT2D eigenvalue weighted by Gasteiger charge is -2.29. The number of nitrogens with zero attached hydrogens (tertiary/aromatic N) is 1. The van der Waals surface area contributed by atoms with Crippen LogP contribution in [-0.2, 0) is 16.2 Å². The fraction of sp³-hybridized carbons (Fsp3) is 0.421. The summed E-state index contributed by atoms with van der Waals surface area (Å²) in [7, 11) is -3.96. The normalized spacial score (nSPS) is 20.1. The number of hydrogen-bond donors (Lipinski definition) is 1. The van der Waals surface area contributed by atoms with Gasteiger partial charge >= 0.3 is 12.5 Å². The predicted molar refractivity (Wildman–Crippen MR) is 99.4 cm³/mol. The molecule has 1 N–H and O–H groups in total. The summed E-state index contributed by atoms with van der Waals surface area (Å²) >= 11 is 0. The maximum Gasteiger partial charge on any atom is 0.573 e. The third-order valence-corrected chi connectivity index (χ3v) is 6.25. The van der Waals surface area contributed by atoms with E-state index in [1.165, 1.54) is 0 Å². The Balaban J connectivity index is 1.51. The smallest absolute Gasteiger partial charge is 0.474 e. The number of pyridine rings is 1. The molecule has 1 fully saturated rings. The number of nitrogens with one attached hydrogen (secondary N) is 1. The molecule has 1 aliphatic rings. The number of hydrogen-bond acceptors (Lipinski definition) is 5. The number of halogens is 6. The summed E-state index contributed by atoms with van der Waals surface area (Å²) in [6, 6.07) is 5.40. The molecular formula is C19H18F6N2O4S. The minimum atomic E-state index is -4.88. The SMILES string of the molecule is O=S(=O)(NC1CCC(Oc2ccc(C(F)(F)F)cn2)CC1)c1ccc(OC(F)(F)F)cc1. The molecule has 0 unspecified atom stereocenters. The average molecular weight is 484 g/mol. The second-order valence-electron chi connectivity index (χ2n) is 7.11. The van der Waals surface area contributed by atoms with Crippen LogP contribution >= 0.6 is 0 Å². The second-order valence-corrected chi connectivity index (χ2v) is 8.83. The quantitative estimate of drug-likeness (QED) is 0.604. The van der Waals surface area contributed by atoms with Gasteiger partial charge in [-0.15, -0.1) is 13.2 Å². The molecule has 32 heavy (non-hydrogen) atoms. The second kappa shape index (κ2) is 9.14.